The quantitative estimate of drug-likeness (QED) is 0.407. The number of hydrogen-bond acceptors (Lipinski definition) is 7. The lowest BCUT2D eigenvalue weighted by Crippen LogP contribution is -2.44. The van der Waals surface area contributed by atoms with Crippen LogP contribution in [0.4, 0.5) is 5.13 Å². The normalized spacial score (nSPS) is 19.9. The first-order valence-electron chi connectivity index (χ1n) is 11.2. The highest BCUT2D eigenvalue weighted by Gasteiger charge is 2.48. The maximum atomic E-state index is 12.7. The summed E-state index contributed by atoms with van der Waals surface area (Å²) >= 11 is 0.935. The summed E-state index contributed by atoms with van der Waals surface area (Å²) in [7, 11) is -3.91. The molecule has 1 heterocycles. The first-order chi connectivity index (χ1) is 17.0. The van der Waals surface area contributed by atoms with E-state index in [0.717, 1.165) is 24.4 Å². The zero-order valence-corrected chi connectivity index (χ0v) is 20.1. The van der Waals surface area contributed by atoms with E-state index in [2.05, 4.69) is 68.7 Å². The van der Waals surface area contributed by atoms with Crippen molar-refractivity contribution in [3.63, 3.8) is 0 Å². The molecule has 0 unspecified atom stereocenters. The second kappa shape index (κ2) is 8.18. The van der Waals surface area contributed by atoms with E-state index < -0.39 is 10.0 Å². The van der Waals surface area contributed by atoms with Gasteiger partial charge in [-0.05, 0) is 53.3 Å². The molecule has 9 heteroatoms. The summed E-state index contributed by atoms with van der Waals surface area (Å²) in [6.07, 6.45) is 3.26. The lowest BCUT2D eigenvalue weighted by atomic mass is 9.55. The molecule has 0 spiro atoms. The topological polar surface area (TPSA) is 105 Å². The molecule has 0 atom stereocenters. The molecule has 2 bridgehead atoms. The molecule has 7 rings (SSSR count). The molecule has 1 aromatic heterocycles. The van der Waals surface area contributed by atoms with Crippen molar-refractivity contribution in [3.8, 4) is 11.8 Å². The van der Waals surface area contributed by atoms with E-state index in [0.29, 0.717) is 18.3 Å². The first kappa shape index (κ1) is 21.8. The van der Waals surface area contributed by atoms with Gasteiger partial charge in [-0.2, -0.15) is 9.64 Å². The van der Waals surface area contributed by atoms with Crippen molar-refractivity contribution in [2.45, 2.75) is 29.1 Å². The molecule has 3 aliphatic carbocycles. The van der Waals surface area contributed by atoms with Crippen LogP contribution in [0.15, 0.2) is 78.0 Å². The van der Waals surface area contributed by atoms with Crippen LogP contribution in [-0.2, 0) is 15.4 Å². The predicted octanol–water partition coefficient (Wildman–Crippen LogP) is 4.81. The molecule has 0 radical (unpaired) electrons. The van der Waals surface area contributed by atoms with Crippen molar-refractivity contribution >= 4 is 26.7 Å². The van der Waals surface area contributed by atoms with Gasteiger partial charge in [0.25, 0.3) is 10.0 Å². The van der Waals surface area contributed by atoms with Gasteiger partial charge in [0.05, 0.1) is 15.9 Å². The summed E-state index contributed by atoms with van der Waals surface area (Å²) in [5.41, 5.74) is 5.06. The van der Waals surface area contributed by atoms with E-state index in [-0.39, 0.29) is 21.0 Å². The van der Waals surface area contributed by atoms with Crippen molar-refractivity contribution in [1.82, 2.24) is 9.36 Å². The number of nitrogens with zero attached hydrogens (tertiary/aromatic N) is 3. The number of aromatic nitrogens is 2. The Hall–Kier alpha value is -3.74. The number of fused-ring (bicyclic) bond motifs is 1. The van der Waals surface area contributed by atoms with E-state index in [9.17, 15) is 13.7 Å². The van der Waals surface area contributed by atoms with Crippen LogP contribution in [0.5, 0.6) is 5.75 Å². The SMILES string of the molecule is N#Cc1cc(S(=O)(=O)Nc2ncns2)ccc1OCC12CCC(c3ccccc31)c1ccccc12. The Balaban J connectivity index is 1.34. The van der Waals surface area contributed by atoms with Gasteiger partial charge in [0.2, 0.25) is 5.13 Å². The van der Waals surface area contributed by atoms with Crippen molar-refractivity contribution in [2.24, 2.45) is 0 Å². The summed E-state index contributed by atoms with van der Waals surface area (Å²) in [6.45, 7) is 0.359. The van der Waals surface area contributed by atoms with Crippen molar-refractivity contribution in [3.05, 3.63) is 101 Å². The molecular formula is C26H20N4O3S2. The number of nitrogens with one attached hydrogen (secondary N) is 1. The molecule has 0 aliphatic heterocycles. The molecule has 7 nitrogen and oxygen atoms in total. The van der Waals surface area contributed by atoms with Gasteiger partial charge in [-0.15, -0.1) is 0 Å². The third-order valence-electron chi connectivity index (χ3n) is 7.00. The summed E-state index contributed by atoms with van der Waals surface area (Å²) in [5, 5.41) is 9.94. The molecule has 4 aromatic rings. The maximum absolute atomic E-state index is 12.7. The number of hydrogen-bond donors (Lipinski definition) is 1. The Morgan fingerprint density at radius 2 is 1.80 bits per heavy atom. The average molecular weight is 501 g/mol. The zero-order chi connectivity index (χ0) is 24.0. The number of benzene rings is 3. The number of anilines is 1. The van der Waals surface area contributed by atoms with Gasteiger partial charge in [-0.1, -0.05) is 48.5 Å². The number of sulfonamides is 1. The molecule has 1 N–H and O–H groups in total. The first-order valence-corrected chi connectivity index (χ1v) is 13.4. The van der Waals surface area contributed by atoms with E-state index in [4.69, 9.17) is 4.74 Å². The Morgan fingerprint density at radius 3 is 2.46 bits per heavy atom. The lowest BCUT2D eigenvalue weighted by Gasteiger charge is -2.49. The minimum Gasteiger partial charge on any atom is -0.491 e. The predicted molar refractivity (Wildman–Crippen MR) is 132 cm³/mol. The number of nitriles is 1. The number of rotatable bonds is 6. The fourth-order valence-corrected chi connectivity index (χ4v) is 7.15. The third-order valence-corrected chi connectivity index (χ3v) is 9.05. The highest BCUT2D eigenvalue weighted by molar-refractivity contribution is 7.93. The van der Waals surface area contributed by atoms with E-state index in [1.165, 1.54) is 40.7 Å². The molecule has 174 valence electrons. The van der Waals surface area contributed by atoms with E-state index in [1.807, 2.05) is 0 Å². The molecule has 0 amide bonds. The summed E-state index contributed by atoms with van der Waals surface area (Å²) in [6, 6.07) is 23.5. The fourth-order valence-electron chi connectivity index (χ4n) is 5.47. The molecular weight excluding hydrogens is 480 g/mol. The molecule has 0 saturated heterocycles. The zero-order valence-electron chi connectivity index (χ0n) is 18.5. The highest BCUT2D eigenvalue weighted by atomic mass is 32.2. The van der Waals surface area contributed by atoms with Gasteiger partial charge in [0, 0.05) is 17.5 Å². The van der Waals surface area contributed by atoms with E-state index in [1.54, 1.807) is 6.07 Å². The second-order valence-electron chi connectivity index (χ2n) is 8.76. The highest BCUT2D eigenvalue weighted by Crippen LogP contribution is 2.56. The van der Waals surface area contributed by atoms with Crippen LogP contribution < -0.4 is 9.46 Å². The minimum atomic E-state index is -3.91. The lowest BCUT2D eigenvalue weighted by molar-refractivity contribution is 0.209. The van der Waals surface area contributed by atoms with Gasteiger partial charge in [-0.3, -0.25) is 4.72 Å². The van der Waals surface area contributed by atoms with Crippen LogP contribution in [-0.4, -0.2) is 24.4 Å². The average Bonchev–Trinajstić information content (AvgIpc) is 3.40. The molecule has 35 heavy (non-hydrogen) atoms. The maximum Gasteiger partial charge on any atom is 0.263 e. The fraction of sp³-hybridized carbons (Fsp3) is 0.192. The number of ether oxygens (including phenoxy) is 1. The van der Waals surface area contributed by atoms with Gasteiger partial charge in [0.1, 0.15) is 24.8 Å². The van der Waals surface area contributed by atoms with Crippen LogP contribution >= 0.6 is 11.5 Å². The molecule has 3 aromatic carbocycles. The monoisotopic (exact) mass is 500 g/mol. The minimum absolute atomic E-state index is 0.0383. The molecule has 3 aliphatic rings. The second-order valence-corrected chi connectivity index (χ2v) is 11.2. The standard InChI is InChI=1S/C26H20N4O3S2/c27-14-17-13-18(35(31,32)30-25-28-16-29-34-25)9-10-24(17)33-15-26-12-11-19(20-5-1-3-7-22(20)26)21-6-2-4-8-23(21)26/h1-10,13,16,19H,11-12,15H2,(H,28,29,30). The van der Waals surface area contributed by atoms with Crippen LogP contribution in [0.1, 0.15) is 46.6 Å². The molecule has 0 fully saturated rings. The van der Waals surface area contributed by atoms with Crippen molar-refractivity contribution < 1.29 is 13.2 Å². The smallest absolute Gasteiger partial charge is 0.263 e. The van der Waals surface area contributed by atoms with Crippen molar-refractivity contribution in [1.29, 1.82) is 5.26 Å². The van der Waals surface area contributed by atoms with Crippen molar-refractivity contribution in [2.75, 3.05) is 11.3 Å². The van der Waals surface area contributed by atoms with Crippen LogP contribution in [0.3, 0.4) is 0 Å². The Morgan fingerprint density at radius 1 is 1.09 bits per heavy atom. The van der Waals surface area contributed by atoms with Gasteiger partial charge >= 0.3 is 0 Å². The van der Waals surface area contributed by atoms with Crippen LogP contribution in [0.25, 0.3) is 0 Å². The van der Waals surface area contributed by atoms with Gasteiger partial charge in [-0.25, -0.2) is 13.4 Å². The third kappa shape index (κ3) is 3.49. The summed E-state index contributed by atoms with van der Waals surface area (Å²) < 4.78 is 38.0. The van der Waals surface area contributed by atoms with Gasteiger partial charge < -0.3 is 4.74 Å². The largest absolute Gasteiger partial charge is 0.491 e. The summed E-state index contributed by atoms with van der Waals surface area (Å²) in [5.74, 6) is 0.753. The Bertz CT molecular complexity index is 1530. The Kier molecular flexibility index (Phi) is 5.09. The Labute approximate surface area is 207 Å². The molecule has 0 saturated carbocycles. The summed E-state index contributed by atoms with van der Waals surface area (Å²) in [4.78, 5) is 3.82. The van der Waals surface area contributed by atoms with E-state index >= 15 is 0 Å². The van der Waals surface area contributed by atoms with Crippen LogP contribution in [0.2, 0.25) is 0 Å². The van der Waals surface area contributed by atoms with Crippen LogP contribution in [0, 0.1) is 11.3 Å². The van der Waals surface area contributed by atoms with Gasteiger partial charge in [0.15, 0.2) is 0 Å².